The Hall–Kier alpha value is -3.19. The van der Waals surface area contributed by atoms with Gasteiger partial charge in [0, 0.05) is 16.3 Å². The molecular formula is C19H19ClN4O3. The minimum absolute atomic E-state index is 0.398. The van der Waals surface area contributed by atoms with Gasteiger partial charge in [0.15, 0.2) is 0 Å². The topological polar surface area (TPSA) is 88.3 Å². The maximum atomic E-state index is 12.4. The van der Waals surface area contributed by atoms with Gasteiger partial charge in [-0.1, -0.05) is 11.6 Å². The molecule has 0 aliphatic heterocycles. The molecule has 3 N–H and O–H groups in total. The summed E-state index contributed by atoms with van der Waals surface area (Å²) in [5.74, 6) is 1.27. The van der Waals surface area contributed by atoms with E-state index in [-0.39, 0.29) is 0 Å². The molecule has 8 heteroatoms. The molecule has 0 radical (unpaired) electrons. The van der Waals surface area contributed by atoms with Crippen LogP contribution in [0.4, 0.5) is 16.2 Å². The first-order valence-corrected chi connectivity index (χ1v) is 8.50. The highest BCUT2D eigenvalue weighted by atomic mass is 35.5. The van der Waals surface area contributed by atoms with Crippen LogP contribution >= 0.6 is 11.6 Å². The number of aryl methyl sites for hydroxylation is 1. The van der Waals surface area contributed by atoms with Gasteiger partial charge in [-0.05, 0) is 49.4 Å². The summed E-state index contributed by atoms with van der Waals surface area (Å²) in [6, 6.07) is 11.8. The Balaban J connectivity index is 1.89. The van der Waals surface area contributed by atoms with Gasteiger partial charge in [0.25, 0.3) is 0 Å². The van der Waals surface area contributed by atoms with Crippen LogP contribution in [0.25, 0.3) is 11.3 Å². The van der Waals surface area contributed by atoms with Gasteiger partial charge in [-0.15, -0.1) is 0 Å². The number of nitrogens with zero attached hydrogens (tertiary/aromatic N) is 1. The lowest BCUT2D eigenvalue weighted by atomic mass is 10.1. The van der Waals surface area contributed by atoms with E-state index in [9.17, 15) is 4.79 Å². The van der Waals surface area contributed by atoms with Crippen LogP contribution < -0.4 is 20.1 Å². The number of carbonyl (C=O) groups is 1. The van der Waals surface area contributed by atoms with Crippen LogP contribution in [0.5, 0.6) is 11.5 Å². The van der Waals surface area contributed by atoms with Crippen molar-refractivity contribution in [3.8, 4) is 22.8 Å². The normalized spacial score (nSPS) is 10.4. The van der Waals surface area contributed by atoms with Gasteiger partial charge in [0.05, 0.1) is 25.6 Å². The number of carbonyl (C=O) groups excluding carboxylic acids is 1. The summed E-state index contributed by atoms with van der Waals surface area (Å²) in [6.45, 7) is 1.82. The SMILES string of the molecule is COc1ccc(OC)c(-c2n[nH]c(C)c2NC(=O)Nc2ccc(Cl)cc2)c1. The lowest BCUT2D eigenvalue weighted by molar-refractivity contribution is 0.262. The monoisotopic (exact) mass is 386 g/mol. The summed E-state index contributed by atoms with van der Waals surface area (Å²) in [5.41, 5.74) is 3.13. The van der Waals surface area contributed by atoms with Crippen LogP contribution in [0.1, 0.15) is 5.69 Å². The Morgan fingerprint density at radius 1 is 1.07 bits per heavy atom. The summed E-state index contributed by atoms with van der Waals surface area (Å²) in [5, 5.41) is 13.4. The van der Waals surface area contributed by atoms with Crippen molar-refractivity contribution in [2.24, 2.45) is 0 Å². The van der Waals surface area contributed by atoms with E-state index in [1.165, 1.54) is 0 Å². The van der Waals surface area contributed by atoms with E-state index in [0.717, 1.165) is 0 Å². The number of anilines is 2. The maximum absolute atomic E-state index is 12.4. The fourth-order valence-electron chi connectivity index (χ4n) is 2.59. The Morgan fingerprint density at radius 2 is 1.81 bits per heavy atom. The molecule has 0 atom stereocenters. The zero-order valence-electron chi connectivity index (χ0n) is 15.1. The summed E-state index contributed by atoms with van der Waals surface area (Å²) >= 11 is 5.86. The van der Waals surface area contributed by atoms with Gasteiger partial charge >= 0.3 is 6.03 Å². The first-order chi connectivity index (χ1) is 13.0. The van der Waals surface area contributed by atoms with E-state index in [1.807, 2.05) is 6.92 Å². The predicted octanol–water partition coefficient (Wildman–Crippen LogP) is 4.70. The Labute approximate surface area is 161 Å². The molecule has 3 aromatic rings. The second-order valence-electron chi connectivity index (χ2n) is 5.72. The smallest absolute Gasteiger partial charge is 0.323 e. The van der Waals surface area contributed by atoms with Crippen LogP contribution in [0.2, 0.25) is 5.02 Å². The number of H-pyrrole nitrogens is 1. The van der Waals surface area contributed by atoms with Crippen molar-refractivity contribution < 1.29 is 14.3 Å². The minimum Gasteiger partial charge on any atom is -0.497 e. The summed E-state index contributed by atoms with van der Waals surface area (Å²) in [6.07, 6.45) is 0. The molecule has 7 nitrogen and oxygen atoms in total. The Morgan fingerprint density at radius 3 is 2.48 bits per heavy atom. The minimum atomic E-state index is -0.398. The number of benzene rings is 2. The van der Waals surface area contributed by atoms with Crippen LogP contribution in [0, 0.1) is 6.92 Å². The molecule has 1 aromatic heterocycles. The van der Waals surface area contributed by atoms with Crippen molar-refractivity contribution in [1.82, 2.24) is 10.2 Å². The molecule has 0 bridgehead atoms. The molecule has 0 aliphatic rings. The van der Waals surface area contributed by atoms with Crippen molar-refractivity contribution in [3.63, 3.8) is 0 Å². The van der Waals surface area contributed by atoms with Gasteiger partial charge in [0.1, 0.15) is 17.2 Å². The summed E-state index contributed by atoms with van der Waals surface area (Å²) in [4.78, 5) is 12.4. The molecule has 140 valence electrons. The van der Waals surface area contributed by atoms with Gasteiger partial charge in [-0.25, -0.2) is 4.79 Å². The number of aromatic nitrogens is 2. The van der Waals surface area contributed by atoms with Crippen LogP contribution in [0.15, 0.2) is 42.5 Å². The third-order valence-electron chi connectivity index (χ3n) is 3.95. The van der Waals surface area contributed by atoms with Crippen molar-refractivity contribution in [2.45, 2.75) is 6.92 Å². The quantitative estimate of drug-likeness (QED) is 0.593. The van der Waals surface area contributed by atoms with E-state index in [4.69, 9.17) is 21.1 Å². The Bertz CT molecular complexity index is 954. The second kappa shape index (κ2) is 8.01. The largest absolute Gasteiger partial charge is 0.497 e. The van der Waals surface area contributed by atoms with Gasteiger partial charge in [-0.2, -0.15) is 5.10 Å². The molecule has 1 heterocycles. The van der Waals surface area contributed by atoms with Crippen molar-refractivity contribution >= 4 is 29.0 Å². The first-order valence-electron chi connectivity index (χ1n) is 8.12. The number of urea groups is 1. The number of methoxy groups -OCH3 is 2. The molecule has 0 saturated heterocycles. The molecule has 0 aliphatic carbocycles. The van der Waals surface area contributed by atoms with E-state index in [1.54, 1.807) is 56.7 Å². The molecule has 0 fully saturated rings. The number of amides is 2. The van der Waals surface area contributed by atoms with Crippen molar-refractivity contribution in [1.29, 1.82) is 0 Å². The van der Waals surface area contributed by atoms with Gasteiger partial charge in [0.2, 0.25) is 0 Å². The molecule has 0 spiro atoms. The van der Waals surface area contributed by atoms with E-state index in [0.29, 0.717) is 44.8 Å². The van der Waals surface area contributed by atoms with Crippen LogP contribution in [0.3, 0.4) is 0 Å². The fraction of sp³-hybridized carbons (Fsp3) is 0.158. The average Bonchev–Trinajstić information content (AvgIpc) is 3.03. The highest BCUT2D eigenvalue weighted by Gasteiger charge is 2.19. The molecule has 2 aromatic carbocycles. The molecular weight excluding hydrogens is 368 g/mol. The third-order valence-corrected chi connectivity index (χ3v) is 4.20. The standard InChI is InChI=1S/C19H19ClN4O3/c1-11-17(22-19(25)21-13-6-4-12(20)5-7-13)18(24-23-11)15-10-14(26-2)8-9-16(15)27-3/h4-10H,1-3H3,(H,23,24)(H2,21,22,25). The lowest BCUT2D eigenvalue weighted by Crippen LogP contribution is -2.20. The highest BCUT2D eigenvalue weighted by molar-refractivity contribution is 6.30. The molecule has 2 amide bonds. The Kier molecular flexibility index (Phi) is 5.52. The number of nitrogens with one attached hydrogen (secondary N) is 3. The van der Waals surface area contributed by atoms with Gasteiger partial charge in [-0.3, -0.25) is 5.10 Å². The van der Waals surface area contributed by atoms with Gasteiger partial charge < -0.3 is 20.1 Å². The average molecular weight is 387 g/mol. The number of hydrogen-bond donors (Lipinski definition) is 3. The third kappa shape index (κ3) is 4.15. The maximum Gasteiger partial charge on any atom is 0.323 e. The summed E-state index contributed by atoms with van der Waals surface area (Å²) < 4.78 is 10.7. The van der Waals surface area contributed by atoms with Crippen LogP contribution in [-0.4, -0.2) is 30.4 Å². The molecule has 0 saturated carbocycles. The predicted molar refractivity (Wildman–Crippen MR) is 106 cm³/mol. The van der Waals surface area contributed by atoms with E-state index < -0.39 is 6.03 Å². The van der Waals surface area contributed by atoms with Crippen LogP contribution in [-0.2, 0) is 0 Å². The number of halogens is 1. The molecule has 3 rings (SSSR count). The lowest BCUT2D eigenvalue weighted by Gasteiger charge is -2.12. The molecule has 0 unspecified atom stereocenters. The number of aromatic amines is 1. The first kappa shape index (κ1) is 18.6. The zero-order valence-corrected chi connectivity index (χ0v) is 15.8. The number of ether oxygens (including phenoxy) is 2. The van der Waals surface area contributed by atoms with E-state index in [2.05, 4.69) is 20.8 Å². The number of rotatable bonds is 5. The molecule has 27 heavy (non-hydrogen) atoms. The second-order valence-corrected chi connectivity index (χ2v) is 6.16. The number of hydrogen-bond acceptors (Lipinski definition) is 4. The highest BCUT2D eigenvalue weighted by Crippen LogP contribution is 2.37. The van der Waals surface area contributed by atoms with Crippen molar-refractivity contribution in [2.75, 3.05) is 24.9 Å². The van der Waals surface area contributed by atoms with E-state index >= 15 is 0 Å². The fourth-order valence-corrected chi connectivity index (χ4v) is 2.71. The zero-order chi connectivity index (χ0) is 19.4. The van der Waals surface area contributed by atoms with Crippen molar-refractivity contribution in [3.05, 3.63) is 53.2 Å². The summed E-state index contributed by atoms with van der Waals surface area (Å²) in [7, 11) is 3.16.